The van der Waals surface area contributed by atoms with Gasteiger partial charge in [-0.2, -0.15) is 0 Å². The lowest BCUT2D eigenvalue weighted by Gasteiger charge is -2.19. The van der Waals surface area contributed by atoms with Crippen LogP contribution in [0.1, 0.15) is 52.7 Å². The molecule has 1 amide bonds. The molecule has 1 atom stereocenters. The van der Waals surface area contributed by atoms with Gasteiger partial charge in [-0.05, 0) is 55.4 Å². The first kappa shape index (κ1) is 19.7. The summed E-state index contributed by atoms with van der Waals surface area (Å²) in [6.45, 7) is 2.75. The lowest BCUT2D eigenvalue weighted by atomic mass is 9.87. The van der Waals surface area contributed by atoms with E-state index in [4.69, 9.17) is 12.2 Å². The van der Waals surface area contributed by atoms with Crippen LogP contribution in [-0.2, 0) is 22.4 Å². The number of hydrogen-bond donors (Lipinski definition) is 3. The van der Waals surface area contributed by atoms with Crippen molar-refractivity contribution in [2.24, 2.45) is 5.92 Å². The molecule has 1 heterocycles. The number of hydrazine groups is 1. The summed E-state index contributed by atoms with van der Waals surface area (Å²) < 4.78 is 4.56. The van der Waals surface area contributed by atoms with Crippen LogP contribution >= 0.6 is 23.6 Å². The average molecular weight is 384 g/mol. The molecule has 6 nitrogen and oxygen atoms in total. The SMILES string of the molecule is CC[C@@H]1CCc2sc(C(=O)NNC(=S)NCCCC(=O)OC)cc2C1. The van der Waals surface area contributed by atoms with Gasteiger partial charge < -0.3 is 10.1 Å². The second-order valence-corrected chi connectivity index (χ2v) is 7.64. The molecule has 0 unspecified atom stereocenters. The number of thiophene rings is 1. The maximum Gasteiger partial charge on any atom is 0.305 e. The van der Waals surface area contributed by atoms with Crippen LogP contribution in [0.2, 0.25) is 0 Å². The highest BCUT2D eigenvalue weighted by Gasteiger charge is 2.22. The van der Waals surface area contributed by atoms with Gasteiger partial charge in [-0.15, -0.1) is 11.3 Å². The largest absolute Gasteiger partial charge is 0.469 e. The summed E-state index contributed by atoms with van der Waals surface area (Å²) >= 11 is 6.67. The topological polar surface area (TPSA) is 79.5 Å². The first-order valence-electron chi connectivity index (χ1n) is 8.56. The number of amides is 1. The third-order valence-electron chi connectivity index (χ3n) is 4.35. The smallest absolute Gasteiger partial charge is 0.305 e. The van der Waals surface area contributed by atoms with E-state index in [1.54, 1.807) is 11.3 Å². The summed E-state index contributed by atoms with van der Waals surface area (Å²) in [7, 11) is 1.36. The maximum atomic E-state index is 12.3. The van der Waals surface area contributed by atoms with Crippen molar-refractivity contribution in [3.63, 3.8) is 0 Å². The van der Waals surface area contributed by atoms with E-state index in [9.17, 15) is 9.59 Å². The van der Waals surface area contributed by atoms with Gasteiger partial charge in [-0.25, -0.2) is 0 Å². The molecule has 0 spiro atoms. The molecule has 1 aromatic heterocycles. The zero-order valence-corrected chi connectivity index (χ0v) is 16.3. The molecule has 138 valence electrons. The van der Waals surface area contributed by atoms with Crippen molar-refractivity contribution < 1.29 is 14.3 Å². The van der Waals surface area contributed by atoms with Crippen LogP contribution in [0.4, 0.5) is 0 Å². The summed E-state index contributed by atoms with van der Waals surface area (Å²) in [5.41, 5.74) is 6.63. The zero-order chi connectivity index (χ0) is 18.2. The minimum absolute atomic E-state index is 0.175. The Balaban J connectivity index is 1.72. The van der Waals surface area contributed by atoms with E-state index in [2.05, 4.69) is 27.8 Å². The lowest BCUT2D eigenvalue weighted by molar-refractivity contribution is -0.140. The lowest BCUT2D eigenvalue weighted by Crippen LogP contribution is -2.46. The molecule has 0 fully saturated rings. The van der Waals surface area contributed by atoms with E-state index in [1.807, 2.05) is 6.07 Å². The van der Waals surface area contributed by atoms with Gasteiger partial charge in [0.05, 0.1) is 12.0 Å². The molecule has 0 bridgehead atoms. The highest BCUT2D eigenvalue weighted by atomic mass is 32.1. The molecule has 0 saturated carbocycles. The molecule has 1 aromatic rings. The van der Waals surface area contributed by atoms with Crippen LogP contribution in [-0.4, -0.2) is 30.6 Å². The maximum absolute atomic E-state index is 12.3. The fourth-order valence-corrected chi connectivity index (χ4v) is 4.07. The fourth-order valence-electron chi connectivity index (χ4n) is 2.82. The first-order valence-corrected chi connectivity index (χ1v) is 9.78. The van der Waals surface area contributed by atoms with Crippen molar-refractivity contribution in [2.45, 2.75) is 45.4 Å². The van der Waals surface area contributed by atoms with E-state index in [-0.39, 0.29) is 11.9 Å². The summed E-state index contributed by atoms with van der Waals surface area (Å²) in [4.78, 5) is 25.3. The monoisotopic (exact) mass is 383 g/mol. The Morgan fingerprint density at radius 2 is 2.20 bits per heavy atom. The standard InChI is InChI=1S/C17H25N3O3S2/c1-3-11-6-7-13-12(9-11)10-14(25-13)16(22)19-20-17(24)18-8-4-5-15(21)23-2/h10-11H,3-9H2,1-2H3,(H,19,22)(H2,18,20,24)/t11-/m1/s1. The molecular weight excluding hydrogens is 358 g/mol. The highest BCUT2D eigenvalue weighted by molar-refractivity contribution is 7.80. The van der Waals surface area contributed by atoms with Crippen molar-refractivity contribution in [3.05, 3.63) is 21.4 Å². The van der Waals surface area contributed by atoms with Crippen molar-refractivity contribution in [1.29, 1.82) is 0 Å². The van der Waals surface area contributed by atoms with Gasteiger partial charge in [0.25, 0.3) is 5.91 Å². The number of carbonyl (C=O) groups is 2. The number of thiocarbonyl (C=S) groups is 1. The Morgan fingerprint density at radius 1 is 1.40 bits per heavy atom. The predicted molar refractivity (Wildman–Crippen MR) is 103 cm³/mol. The molecule has 0 saturated heterocycles. The van der Waals surface area contributed by atoms with Gasteiger partial charge >= 0.3 is 5.97 Å². The van der Waals surface area contributed by atoms with E-state index in [1.165, 1.54) is 30.4 Å². The minimum atomic E-state index is -0.249. The summed E-state index contributed by atoms with van der Waals surface area (Å²) in [6, 6.07) is 2.01. The van der Waals surface area contributed by atoms with Crippen LogP contribution in [0.15, 0.2) is 6.07 Å². The second-order valence-electron chi connectivity index (χ2n) is 6.09. The third kappa shape index (κ3) is 5.97. The quantitative estimate of drug-likeness (QED) is 0.303. The minimum Gasteiger partial charge on any atom is -0.469 e. The number of hydrogen-bond acceptors (Lipinski definition) is 5. The number of fused-ring (bicyclic) bond motifs is 1. The first-order chi connectivity index (χ1) is 12.0. The number of aryl methyl sites for hydroxylation is 1. The predicted octanol–water partition coefficient (Wildman–Crippen LogP) is 2.33. The number of esters is 1. The Hall–Kier alpha value is -1.67. The average Bonchev–Trinajstić information content (AvgIpc) is 3.06. The third-order valence-corrected chi connectivity index (χ3v) is 5.83. The van der Waals surface area contributed by atoms with Gasteiger partial charge in [-0.1, -0.05) is 13.3 Å². The fraction of sp³-hybridized carbons (Fsp3) is 0.588. The molecule has 3 N–H and O–H groups in total. The Bertz CT molecular complexity index is 631. The van der Waals surface area contributed by atoms with E-state index < -0.39 is 0 Å². The molecule has 0 radical (unpaired) electrons. The zero-order valence-electron chi connectivity index (χ0n) is 14.6. The van der Waals surface area contributed by atoms with Gasteiger partial charge in [0, 0.05) is 17.8 Å². The van der Waals surface area contributed by atoms with E-state index >= 15 is 0 Å². The number of methoxy groups -OCH3 is 1. The van der Waals surface area contributed by atoms with Gasteiger partial charge in [0.2, 0.25) is 0 Å². The van der Waals surface area contributed by atoms with Gasteiger partial charge in [-0.3, -0.25) is 20.4 Å². The molecule has 1 aliphatic rings. The number of ether oxygens (including phenoxy) is 1. The molecule has 0 aliphatic heterocycles. The van der Waals surface area contributed by atoms with Crippen LogP contribution < -0.4 is 16.2 Å². The summed E-state index contributed by atoms with van der Waals surface area (Å²) in [6.07, 6.45) is 5.48. The Kier molecular flexibility index (Phi) is 7.64. The molecule has 25 heavy (non-hydrogen) atoms. The van der Waals surface area contributed by atoms with E-state index in [0.717, 1.165) is 18.8 Å². The van der Waals surface area contributed by atoms with Crippen molar-refractivity contribution in [2.75, 3.05) is 13.7 Å². The van der Waals surface area contributed by atoms with Crippen molar-refractivity contribution in [1.82, 2.24) is 16.2 Å². The van der Waals surface area contributed by atoms with Gasteiger partial charge in [0.15, 0.2) is 5.11 Å². The number of rotatable bonds is 6. The van der Waals surface area contributed by atoms with Crippen molar-refractivity contribution >= 4 is 40.5 Å². The molecular formula is C17H25N3O3S2. The Morgan fingerprint density at radius 3 is 2.92 bits per heavy atom. The van der Waals surface area contributed by atoms with Crippen molar-refractivity contribution in [3.8, 4) is 0 Å². The van der Waals surface area contributed by atoms with Crippen LogP contribution in [0.25, 0.3) is 0 Å². The van der Waals surface area contributed by atoms with Gasteiger partial charge in [0.1, 0.15) is 0 Å². The number of carbonyl (C=O) groups excluding carboxylic acids is 2. The highest BCUT2D eigenvalue weighted by Crippen LogP contribution is 2.33. The van der Waals surface area contributed by atoms with Crippen LogP contribution in [0.3, 0.4) is 0 Å². The second kappa shape index (κ2) is 9.72. The summed E-state index contributed by atoms with van der Waals surface area (Å²) in [5.74, 6) is 0.310. The molecule has 1 aliphatic carbocycles. The Labute approximate surface area is 157 Å². The molecule has 8 heteroatoms. The van der Waals surface area contributed by atoms with Crippen LogP contribution in [0.5, 0.6) is 0 Å². The normalized spacial score (nSPS) is 15.8. The molecule has 2 rings (SSSR count). The molecule has 0 aromatic carbocycles. The summed E-state index contributed by atoms with van der Waals surface area (Å²) in [5, 5.41) is 3.26. The number of nitrogens with one attached hydrogen (secondary N) is 3. The van der Waals surface area contributed by atoms with Crippen LogP contribution in [0, 0.1) is 5.92 Å². The van der Waals surface area contributed by atoms with E-state index in [0.29, 0.717) is 29.4 Å².